The molecule has 0 amide bonds. The Hall–Kier alpha value is -2.86. The number of hydrogen-bond donors (Lipinski definition) is 1. The molecule has 0 spiro atoms. The fraction of sp³-hybridized carbons (Fsp3) is 0.0625. The third-order valence-corrected chi connectivity index (χ3v) is 4.13. The molecule has 0 saturated heterocycles. The van der Waals surface area contributed by atoms with Crippen LogP contribution in [0.2, 0.25) is 5.02 Å². The number of H-pyrrole nitrogens is 1. The molecule has 0 aliphatic carbocycles. The Bertz CT molecular complexity index is 1080. The molecule has 0 bridgehead atoms. The van der Waals surface area contributed by atoms with E-state index < -0.39 is 0 Å². The molecule has 3 heterocycles. The van der Waals surface area contributed by atoms with Gasteiger partial charge in [-0.2, -0.15) is 5.10 Å². The van der Waals surface area contributed by atoms with Gasteiger partial charge in [0.05, 0.1) is 11.3 Å². The van der Waals surface area contributed by atoms with Crippen molar-refractivity contribution in [2.75, 3.05) is 0 Å². The van der Waals surface area contributed by atoms with Gasteiger partial charge in [0, 0.05) is 41.8 Å². The Morgan fingerprint density at radius 2 is 1.96 bits per heavy atom. The second kappa shape index (κ2) is 5.10. The quantitative estimate of drug-likeness (QED) is 0.616. The van der Waals surface area contributed by atoms with E-state index in [0.717, 1.165) is 11.1 Å². The Labute approximate surface area is 136 Å². The fourth-order valence-corrected chi connectivity index (χ4v) is 2.89. The average molecular weight is 326 g/mol. The summed E-state index contributed by atoms with van der Waals surface area (Å²) in [5.74, 6) is 0. The molecule has 0 aliphatic rings. The molecule has 6 nitrogen and oxygen atoms in total. The van der Waals surface area contributed by atoms with Crippen LogP contribution in [0.15, 0.2) is 53.7 Å². The van der Waals surface area contributed by atoms with Crippen molar-refractivity contribution in [3.63, 3.8) is 0 Å². The molecular weight excluding hydrogens is 314 g/mol. The topological polar surface area (TPSA) is 68.0 Å². The molecule has 0 fully saturated rings. The van der Waals surface area contributed by atoms with Gasteiger partial charge >= 0.3 is 0 Å². The molecule has 3 aromatic heterocycles. The van der Waals surface area contributed by atoms with E-state index >= 15 is 0 Å². The van der Waals surface area contributed by atoms with Crippen LogP contribution in [-0.2, 0) is 7.05 Å². The molecule has 114 valence electrons. The lowest BCUT2D eigenvalue weighted by atomic mass is 10.1. The molecule has 1 N–H and O–H groups in total. The van der Waals surface area contributed by atoms with Crippen molar-refractivity contribution < 1.29 is 0 Å². The minimum Gasteiger partial charge on any atom is -0.296 e. The van der Waals surface area contributed by atoms with Crippen LogP contribution in [0, 0.1) is 0 Å². The number of hydrogen-bond acceptors (Lipinski definition) is 3. The lowest BCUT2D eigenvalue weighted by Gasteiger charge is -2.04. The van der Waals surface area contributed by atoms with Crippen LogP contribution >= 0.6 is 11.6 Å². The fourth-order valence-electron chi connectivity index (χ4n) is 2.65. The maximum Gasteiger partial charge on any atom is 0.282 e. The van der Waals surface area contributed by atoms with E-state index in [9.17, 15) is 4.79 Å². The number of rotatable bonds is 2. The molecule has 0 saturated carbocycles. The highest BCUT2D eigenvalue weighted by Gasteiger charge is 2.15. The zero-order chi connectivity index (χ0) is 16.0. The van der Waals surface area contributed by atoms with Gasteiger partial charge in [-0.25, -0.2) is 9.50 Å². The number of aromatic amines is 1. The third-order valence-electron chi connectivity index (χ3n) is 3.80. The number of aromatic nitrogens is 5. The summed E-state index contributed by atoms with van der Waals surface area (Å²) in [7, 11) is 1.79. The summed E-state index contributed by atoms with van der Waals surface area (Å²) in [5, 5.41) is 7.66. The van der Waals surface area contributed by atoms with Crippen molar-refractivity contribution in [3.05, 3.63) is 64.3 Å². The van der Waals surface area contributed by atoms with Crippen LogP contribution in [0.5, 0.6) is 0 Å². The highest BCUT2D eigenvalue weighted by molar-refractivity contribution is 6.33. The van der Waals surface area contributed by atoms with Crippen molar-refractivity contribution in [3.8, 4) is 22.4 Å². The molecule has 7 heteroatoms. The van der Waals surface area contributed by atoms with Gasteiger partial charge in [0.1, 0.15) is 0 Å². The second-order valence-corrected chi connectivity index (χ2v) is 5.55. The molecule has 0 atom stereocenters. The van der Waals surface area contributed by atoms with E-state index in [1.165, 1.54) is 4.52 Å². The summed E-state index contributed by atoms with van der Waals surface area (Å²) in [5.41, 5.74) is 3.16. The van der Waals surface area contributed by atoms with Crippen molar-refractivity contribution in [1.29, 1.82) is 0 Å². The van der Waals surface area contributed by atoms with E-state index in [1.54, 1.807) is 36.4 Å². The van der Waals surface area contributed by atoms with Crippen molar-refractivity contribution in [2.24, 2.45) is 7.05 Å². The molecule has 0 aliphatic heterocycles. The average Bonchev–Trinajstić information content (AvgIpc) is 3.15. The first-order valence-electron chi connectivity index (χ1n) is 6.99. The summed E-state index contributed by atoms with van der Waals surface area (Å²) in [6.07, 6.45) is 4.95. The monoisotopic (exact) mass is 325 g/mol. The van der Waals surface area contributed by atoms with Gasteiger partial charge < -0.3 is 0 Å². The van der Waals surface area contributed by atoms with Gasteiger partial charge in [0.15, 0.2) is 5.65 Å². The second-order valence-electron chi connectivity index (χ2n) is 5.14. The molecular formula is C16H12ClN5O. The first-order valence-corrected chi connectivity index (χ1v) is 7.37. The summed E-state index contributed by atoms with van der Waals surface area (Å²) in [6.45, 7) is 0. The van der Waals surface area contributed by atoms with Crippen LogP contribution in [-0.4, -0.2) is 24.4 Å². The van der Waals surface area contributed by atoms with Gasteiger partial charge in [-0.05, 0) is 12.1 Å². The predicted molar refractivity (Wildman–Crippen MR) is 88.5 cm³/mol. The van der Waals surface area contributed by atoms with Crippen molar-refractivity contribution in [2.45, 2.75) is 0 Å². The zero-order valence-electron chi connectivity index (χ0n) is 12.2. The Balaban J connectivity index is 1.97. The van der Waals surface area contributed by atoms with Gasteiger partial charge in [0.25, 0.3) is 5.56 Å². The largest absolute Gasteiger partial charge is 0.296 e. The minimum atomic E-state index is -0.183. The summed E-state index contributed by atoms with van der Waals surface area (Å²) >= 11 is 6.25. The number of fused-ring (bicyclic) bond motifs is 1. The lowest BCUT2D eigenvalue weighted by Crippen LogP contribution is -2.18. The lowest BCUT2D eigenvalue weighted by molar-refractivity contribution is 0.772. The smallest absolute Gasteiger partial charge is 0.282 e. The molecule has 0 radical (unpaired) electrons. The van der Waals surface area contributed by atoms with Crippen LogP contribution in [0.3, 0.4) is 0 Å². The van der Waals surface area contributed by atoms with Gasteiger partial charge in [-0.3, -0.25) is 14.6 Å². The van der Waals surface area contributed by atoms with E-state index in [4.69, 9.17) is 11.6 Å². The molecule has 0 unspecified atom stereocenters. The molecule has 4 aromatic rings. The summed E-state index contributed by atoms with van der Waals surface area (Å²) < 4.78 is 3.06. The van der Waals surface area contributed by atoms with Crippen LogP contribution in [0.25, 0.3) is 28.0 Å². The normalized spacial score (nSPS) is 11.2. The Kier molecular flexibility index (Phi) is 3.06. The molecule has 4 rings (SSSR count). The summed E-state index contributed by atoms with van der Waals surface area (Å²) in [6, 6.07) is 9.24. The van der Waals surface area contributed by atoms with Gasteiger partial charge in [-0.15, -0.1) is 0 Å². The van der Waals surface area contributed by atoms with Gasteiger partial charge in [-0.1, -0.05) is 29.8 Å². The highest BCUT2D eigenvalue weighted by atomic mass is 35.5. The standard InChI is InChI=1S/C16H12ClN5O/c1-21-14(6-7-19-21)12-8-18-15-11(9-20-22(15)16(12)23)10-4-2-3-5-13(10)17/h2-9,20H,1H3. The van der Waals surface area contributed by atoms with Crippen LogP contribution in [0.4, 0.5) is 0 Å². The first-order chi connectivity index (χ1) is 11.2. The first kappa shape index (κ1) is 13.8. The van der Waals surface area contributed by atoms with E-state index in [2.05, 4.69) is 15.2 Å². The van der Waals surface area contributed by atoms with E-state index in [-0.39, 0.29) is 5.56 Å². The molecule has 1 aromatic carbocycles. The zero-order valence-corrected chi connectivity index (χ0v) is 12.9. The maximum atomic E-state index is 12.7. The highest BCUT2D eigenvalue weighted by Crippen LogP contribution is 2.29. The number of aryl methyl sites for hydroxylation is 1. The third kappa shape index (κ3) is 2.07. The van der Waals surface area contributed by atoms with Crippen LogP contribution in [0.1, 0.15) is 0 Å². The summed E-state index contributed by atoms with van der Waals surface area (Å²) in [4.78, 5) is 17.2. The number of nitrogens with one attached hydrogen (secondary N) is 1. The minimum absolute atomic E-state index is 0.183. The van der Waals surface area contributed by atoms with Crippen LogP contribution < -0.4 is 5.56 Å². The van der Waals surface area contributed by atoms with Crippen molar-refractivity contribution >= 4 is 17.2 Å². The predicted octanol–water partition coefficient (Wildman–Crippen LogP) is 2.74. The number of halogens is 1. The Morgan fingerprint density at radius 3 is 2.70 bits per heavy atom. The van der Waals surface area contributed by atoms with E-state index in [1.807, 2.05) is 24.3 Å². The number of benzene rings is 1. The Morgan fingerprint density at radius 1 is 1.13 bits per heavy atom. The molecule has 23 heavy (non-hydrogen) atoms. The maximum absolute atomic E-state index is 12.7. The van der Waals surface area contributed by atoms with E-state index in [0.29, 0.717) is 21.9 Å². The van der Waals surface area contributed by atoms with Gasteiger partial charge in [0.2, 0.25) is 0 Å². The van der Waals surface area contributed by atoms with Crippen molar-refractivity contribution in [1.82, 2.24) is 24.4 Å². The SMILES string of the molecule is Cn1nccc1-c1cnc2c(-c3ccccc3Cl)c[nH]n2c1=O. The number of nitrogens with zero attached hydrogens (tertiary/aromatic N) is 4.